The quantitative estimate of drug-likeness (QED) is 0.382. The van der Waals surface area contributed by atoms with Crippen LogP contribution in [0.4, 0.5) is 0 Å². The van der Waals surface area contributed by atoms with Crippen LogP contribution in [-0.4, -0.2) is 14.4 Å². The normalized spacial score (nSPS) is 11.2. The van der Waals surface area contributed by atoms with Gasteiger partial charge >= 0.3 is 0 Å². The summed E-state index contributed by atoms with van der Waals surface area (Å²) in [7, 11) is 0. The summed E-state index contributed by atoms with van der Waals surface area (Å²) < 4.78 is 2.38. The minimum atomic E-state index is 0.496. The molecule has 0 aliphatic heterocycles. The van der Waals surface area contributed by atoms with E-state index in [-0.39, 0.29) is 0 Å². The Bertz CT molecular complexity index is 1210. The van der Waals surface area contributed by atoms with E-state index in [4.69, 9.17) is 35.4 Å². The van der Waals surface area contributed by atoms with Crippen LogP contribution in [0.3, 0.4) is 0 Å². The van der Waals surface area contributed by atoms with Crippen molar-refractivity contribution in [3.63, 3.8) is 0 Å². The molecule has 0 unspecified atom stereocenters. The third-order valence-electron chi connectivity index (χ3n) is 4.57. The lowest BCUT2D eigenvalue weighted by molar-refractivity contribution is 1.06. The monoisotopic (exact) mass is 399 g/mol. The van der Waals surface area contributed by atoms with Crippen LogP contribution in [0.1, 0.15) is 11.1 Å². The fraction of sp³-hybridized carbons (Fsp3) is 0.100. The summed E-state index contributed by atoms with van der Waals surface area (Å²) >= 11 is 17.6. The van der Waals surface area contributed by atoms with Crippen LogP contribution in [0.15, 0.2) is 48.8 Å². The van der Waals surface area contributed by atoms with Gasteiger partial charge in [0.15, 0.2) is 0 Å². The van der Waals surface area contributed by atoms with Crippen LogP contribution in [0, 0.1) is 18.6 Å². The van der Waals surface area contributed by atoms with Crippen molar-refractivity contribution in [3.05, 3.63) is 74.7 Å². The minimum absolute atomic E-state index is 0.496. The summed E-state index contributed by atoms with van der Waals surface area (Å²) in [4.78, 5) is 7.84. The van der Waals surface area contributed by atoms with Gasteiger partial charge in [-0.15, -0.1) is 0 Å². The number of aryl methyl sites for hydroxylation is 2. The number of nitrogens with one attached hydrogen (secondary N) is 1. The van der Waals surface area contributed by atoms with E-state index in [2.05, 4.69) is 42.0 Å². The largest absolute Gasteiger partial charge is 0.339 e. The lowest BCUT2D eigenvalue weighted by Gasteiger charge is -2.07. The molecule has 2 aromatic heterocycles. The average Bonchev–Trinajstić information content (AvgIpc) is 3.06. The summed E-state index contributed by atoms with van der Waals surface area (Å²) in [5.41, 5.74) is 7.31. The number of hydrogen-bond acceptors (Lipinski definition) is 2. The molecule has 0 bridgehead atoms. The zero-order valence-corrected chi connectivity index (χ0v) is 16.5. The van der Waals surface area contributed by atoms with Crippen LogP contribution >= 0.6 is 35.4 Å². The number of rotatable bonds is 2. The van der Waals surface area contributed by atoms with E-state index in [9.17, 15) is 0 Å². The number of hydrogen-bond donors (Lipinski definition) is 1. The SMILES string of the molecule is Cc1ccc(-c2cnc(=S)n3cc(-c4ccc(Cl)c(Cl)c4)[nH]c23)cc1C. The number of fused-ring (bicyclic) bond motifs is 1. The van der Waals surface area contributed by atoms with Crippen molar-refractivity contribution >= 4 is 41.1 Å². The Morgan fingerprint density at radius 3 is 2.46 bits per heavy atom. The second kappa shape index (κ2) is 6.54. The van der Waals surface area contributed by atoms with Crippen molar-refractivity contribution in [1.29, 1.82) is 0 Å². The molecule has 1 N–H and O–H groups in total. The molecule has 2 aromatic carbocycles. The molecule has 0 saturated heterocycles. The maximum absolute atomic E-state index is 6.17. The van der Waals surface area contributed by atoms with Crippen molar-refractivity contribution in [2.75, 3.05) is 0 Å². The summed E-state index contributed by atoms with van der Waals surface area (Å²) in [5, 5.41) is 1.04. The lowest BCUT2D eigenvalue weighted by atomic mass is 10.0. The highest BCUT2D eigenvalue weighted by Crippen LogP contribution is 2.31. The van der Waals surface area contributed by atoms with Crippen LogP contribution in [0.2, 0.25) is 10.0 Å². The fourth-order valence-corrected chi connectivity index (χ4v) is 3.43. The van der Waals surface area contributed by atoms with Crippen LogP contribution in [0.25, 0.3) is 28.0 Å². The van der Waals surface area contributed by atoms with Gasteiger partial charge in [0.25, 0.3) is 0 Å². The Morgan fingerprint density at radius 2 is 1.73 bits per heavy atom. The molecule has 0 fully saturated rings. The number of halogens is 2. The van der Waals surface area contributed by atoms with Gasteiger partial charge in [-0.3, -0.25) is 4.40 Å². The summed E-state index contributed by atoms with van der Waals surface area (Å²) in [6.07, 6.45) is 3.76. The predicted molar refractivity (Wildman–Crippen MR) is 111 cm³/mol. The average molecular weight is 400 g/mol. The standard InChI is InChI=1S/C20H15Cl2N3S/c1-11-3-4-13(7-12(11)2)15-9-23-20(26)25-10-18(24-19(15)25)14-5-6-16(21)17(22)8-14/h3-10,24H,1-2H3. The van der Waals surface area contributed by atoms with E-state index in [1.165, 1.54) is 11.1 Å². The van der Waals surface area contributed by atoms with Gasteiger partial charge in [0.05, 0.1) is 15.7 Å². The van der Waals surface area contributed by atoms with Gasteiger partial charge in [-0.2, -0.15) is 0 Å². The van der Waals surface area contributed by atoms with Gasteiger partial charge < -0.3 is 4.98 Å². The van der Waals surface area contributed by atoms with E-state index < -0.39 is 0 Å². The molecular weight excluding hydrogens is 385 g/mol. The van der Waals surface area contributed by atoms with E-state index in [1.54, 1.807) is 6.07 Å². The smallest absolute Gasteiger partial charge is 0.205 e. The molecule has 0 atom stereocenters. The fourth-order valence-electron chi connectivity index (χ4n) is 2.94. The molecule has 6 heteroatoms. The second-order valence-electron chi connectivity index (χ2n) is 6.27. The Kier molecular flexibility index (Phi) is 4.35. The van der Waals surface area contributed by atoms with Crippen LogP contribution in [0.5, 0.6) is 0 Å². The van der Waals surface area contributed by atoms with Gasteiger partial charge in [0, 0.05) is 23.5 Å². The number of imidazole rings is 1. The summed E-state index contributed by atoms with van der Waals surface area (Å²) in [6, 6.07) is 11.9. The molecule has 4 rings (SSSR count). The molecule has 4 aromatic rings. The van der Waals surface area contributed by atoms with E-state index in [0.717, 1.165) is 28.0 Å². The number of H-pyrrole nitrogens is 1. The van der Waals surface area contributed by atoms with E-state index in [1.807, 2.05) is 28.9 Å². The highest BCUT2D eigenvalue weighted by atomic mass is 35.5. The first-order valence-electron chi connectivity index (χ1n) is 8.07. The summed E-state index contributed by atoms with van der Waals surface area (Å²) in [6.45, 7) is 4.21. The number of aromatic amines is 1. The van der Waals surface area contributed by atoms with Crippen molar-refractivity contribution < 1.29 is 0 Å². The van der Waals surface area contributed by atoms with Gasteiger partial charge in [-0.25, -0.2) is 4.98 Å². The van der Waals surface area contributed by atoms with Crippen molar-refractivity contribution in [3.8, 4) is 22.4 Å². The first kappa shape index (κ1) is 17.3. The molecule has 0 saturated carbocycles. The Hall–Kier alpha value is -2.14. The van der Waals surface area contributed by atoms with E-state index in [0.29, 0.717) is 14.8 Å². The van der Waals surface area contributed by atoms with Gasteiger partial charge in [-0.1, -0.05) is 47.5 Å². The molecule has 2 heterocycles. The molecule has 0 aliphatic rings. The third-order valence-corrected chi connectivity index (χ3v) is 5.61. The molecule has 26 heavy (non-hydrogen) atoms. The maximum atomic E-state index is 6.17. The van der Waals surface area contributed by atoms with Crippen LogP contribution < -0.4 is 0 Å². The summed E-state index contributed by atoms with van der Waals surface area (Å²) in [5.74, 6) is 0. The molecule has 0 aliphatic carbocycles. The van der Waals surface area contributed by atoms with Gasteiger partial charge in [0.1, 0.15) is 5.65 Å². The Morgan fingerprint density at radius 1 is 0.962 bits per heavy atom. The predicted octanol–water partition coefficient (Wildman–Crippen LogP) is 6.65. The van der Waals surface area contributed by atoms with Crippen molar-refractivity contribution in [2.24, 2.45) is 0 Å². The zero-order valence-electron chi connectivity index (χ0n) is 14.2. The Labute approximate surface area is 166 Å². The number of benzene rings is 2. The van der Waals surface area contributed by atoms with Crippen LogP contribution in [-0.2, 0) is 0 Å². The molecule has 3 nitrogen and oxygen atoms in total. The van der Waals surface area contributed by atoms with Gasteiger partial charge in [-0.05, 0) is 54.9 Å². The molecule has 0 amide bonds. The van der Waals surface area contributed by atoms with Crippen molar-refractivity contribution in [2.45, 2.75) is 13.8 Å². The molecule has 0 radical (unpaired) electrons. The molecular formula is C20H15Cl2N3S. The first-order chi connectivity index (χ1) is 12.4. The second-order valence-corrected chi connectivity index (χ2v) is 7.45. The zero-order chi connectivity index (χ0) is 18.4. The first-order valence-corrected chi connectivity index (χ1v) is 9.24. The van der Waals surface area contributed by atoms with Crippen molar-refractivity contribution in [1.82, 2.24) is 14.4 Å². The highest BCUT2D eigenvalue weighted by Gasteiger charge is 2.12. The highest BCUT2D eigenvalue weighted by molar-refractivity contribution is 7.71. The minimum Gasteiger partial charge on any atom is -0.339 e. The lowest BCUT2D eigenvalue weighted by Crippen LogP contribution is -1.93. The van der Waals surface area contributed by atoms with E-state index >= 15 is 0 Å². The number of nitrogens with zero attached hydrogens (tertiary/aromatic N) is 2. The third kappa shape index (κ3) is 2.94. The maximum Gasteiger partial charge on any atom is 0.205 e. The number of aromatic nitrogens is 3. The van der Waals surface area contributed by atoms with Gasteiger partial charge in [0.2, 0.25) is 4.77 Å². The molecule has 0 spiro atoms. The topological polar surface area (TPSA) is 33.1 Å². The Balaban J connectivity index is 1.94. The molecule has 130 valence electrons.